The van der Waals surface area contributed by atoms with Gasteiger partial charge >= 0.3 is 0 Å². The Labute approximate surface area is 205 Å². The molecule has 35 heavy (non-hydrogen) atoms. The summed E-state index contributed by atoms with van der Waals surface area (Å²) in [4.78, 5) is 15.2. The molecule has 1 unspecified atom stereocenters. The zero-order valence-corrected chi connectivity index (χ0v) is 20.2. The van der Waals surface area contributed by atoms with Crippen LogP contribution in [0.3, 0.4) is 0 Å². The molecule has 6 heteroatoms. The number of aromatic amines is 1. The van der Waals surface area contributed by atoms with E-state index in [9.17, 15) is 9.90 Å². The summed E-state index contributed by atoms with van der Waals surface area (Å²) in [6.07, 6.45) is 0.836. The van der Waals surface area contributed by atoms with Gasteiger partial charge in [0.1, 0.15) is 29.5 Å². The second-order valence-electron chi connectivity index (χ2n) is 9.08. The van der Waals surface area contributed by atoms with Gasteiger partial charge in [-0.1, -0.05) is 55.5 Å². The molecule has 5 rings (SSSR count). The van der Waals surface area contributed by atoms with Crippen molar-refractivity contribution in [2.24, 2.45) is 0 Å². The molecule has 0 saturated heterocycles. The van der Waals surface area contributed by atoms with Crippen molar-refractivity contribution in [1.29, 1.82) is 0 Å². The van der Waals surface area contributed by atoms with Crippen LogP contribution in [0.15, 0.2) is 66.7 Å². The maximum atomic E-state index is 13.3. The molecule has 1 atom stereocenters. The highest BCUT2D eigenvalue weighted by atomic mass is 16.5. The summed E-state index contributed by atoms with van der Waals surface area (Å²) in [5.74, 6) is 0.886. The molecule has 6 nitrogen and oxygen atoms in total. The van der Waals surface area contributed by atoms with E-state index >= 15 is 0 Å². The van der Waals surface area contributed by atoms with Gasteiger partial charge in [-0.3, -0.25) is 9.89 Å². The molecule has 1 aliphatic heterocycles. The van der Waals surface area contributed by atoms with Gasteiger partial charge < -0.3 is 14.7 Å². The Morgan fingerprint density at radius 3 is 2.51 bits per heavy atom. The monoisotopic (exact) mass is 467 g/mol. The van der Waals surface area contributed by atoms with E-state index in [1.54, 1.807) is 0 Å². The van der Waals surface area contributed by atoms with Crippen LogP contribution >= 0.6 is 0 Å². The predicted octanol–water partition coefficient (Wildman–Crippen LogP) is 5.93. The number of H-pyrrole nitrogens is 1. The molecular formula is C29H29N3O3. The number of phenolic OH excluding ortho intramolecular Hbond substituents is 1. The molecule has 0 radical (unpaired) electrons. The molecule has 0 spiro atoms. The number of ether oxygens (including phenoxy) is 1. The van der Waals surface area contributed by atoms with Crippen molar-refractivity contribution in [2.75, 3.05) is 6.54 Å². The SMILES string of the molecule is CCCN1C(=O)c2[nH]nc(-c3cc(C)cc(C)c3O)c2C1c1ccc(OCc2ccccc2)cc1. The van der Waals surface area contributed by atoms with E-state index in [1.165, 1.54) is 0 Å². The highest BCUT2D eigenvalue weighted by Crippen LogP contribution is 2.45. The second-order valence-corrected chi connectivity index (χ2v) is 9.08. The Hall–Kier alpha value is -4.06. The molecule has 1 aromatic heterocycles. The number of aromatic hydroxyl groups is 1. The highest BCUT2D eigenvalue weighted by molar-refractivity contribution is 6.00. The predicted molar refractivity (Wildman–Crippen MR) is 136 cm³/mol. The number of fused-ring (bicyclic) bond motifs is 1. The van der Waals surface area contributed by atoms with Crippen LogP contribution in [0.4, 0.5) is 0 Å². The highest BCUT2D eigenvalue weighted by Gasteiger charge is 2.42. The largest absolute Gasteiger partial charge is 0.507 e. The minimum atomic E-state index is -0.297. The van der Waals surface area contributed by atoms with E-state index in [0.29, 0.717) is 30.1 Å². The van der Waals surface area contributed by atoms with Crippen molar-refractivity contribution < 1.29 is 14.6 Å². The fraction of sp³-hybridized carbons (Fsp3) is 0.241. The molecule has 0 bridgehead atoms. The van der Waals surface area contributed by atoms with Crippen molar-refractivity contribution in [1.82, 2.24) is 15.1 Å². The zero-order valence-electron chi connectivity index (χ0n) is 20.2. The van der Waals surface area contributed by atoms with Gasteiger partial charge in [0, 0.05) is 17.7 Å². The van der Waals surface area contributed by atoms with E-state index in [4.69, 9.17) is 4.74 Å². The first-order valence-electron chi connectivity index (χ1n) is 11.9. The zero-order chi connectivity index (χ0) is 24.5. The number of aryl methyl sites for hydroxylation is 2. The number of carbonyl (C=O) groups is 1. The first-order chi connectivity index (χ1) is 17.0. The van der Waals surface area contributed by atoms with Crippen LogP contribution in [0.2, 0.25) is 0 Å². The lowest BCUT2D eigenvalue weighted by molar-refractivity contribution is 0.0744. The molecule has 3 aromatic carbocycles. The molecule has 2 heterocycles. The Balaban J connectivity index is 1.52. The Bertz CT molecular complexity index is 1360. The van der Waals surface area contributed by atoms with Gasteiger partial charge in [0.05, 0.1) is 6.04 Å². The van der Waals surface area contributed by atoms with Crippen LogP contribution in [0, 0.1) is 13.8 Å². The third-order valence-electron chi connectivity index (χ3n) is 6.47. The van der Waals surface area contributed by atoms with E-state index in [2.05, 4.69) is 17.1 Å². The molecule has 1 aliphatic rings. The summed E-state index contributed by atoms with van der Waals surface area (Å²) >= 11 is 0. The topological polar surface area (TPSA) is 78.5 Å². The van der Waals surface area contributed by atoms with Gasteiger partial charge in [0.2, 0.25) is 0 Å². The van der Waals surface area contributed by atoms with E-state index in [0.717, 1.165) is 40.0 Å². The van der Waals surface area contributed by atoms with Crippen molar-refractivity contribution in [3.63, 3.8) is 0 Å². The van der Waals surface area contributed by atoms with Gasteiger partial charge in [0.15, 0.2) is 0 Å². The number of nitrogens with zero attached hydrogens (tertiary/aromatic N) is 2. The first-order valence-corrected chi connectivity index (χ1v) is 11.9. The van der Waals surface area contributed by atoms with Crippen molar-refractivity contribution in [3.8, 4) is 22.8 Å². The van der Waals surface area contributed by atoms with Crippen LogP contribution in [0.1, 0.15) is 57.7 Å². The third kappa shape index (κ3) is 4.16. The Kier molecular flexibility index (Phi) is 6.03. The van der Waals surface area contributed by atoms with Crippen molar-refractivity contribution >= 4 is 5.91 Å². The lowest BCUT2D eigenvalue weighted by Gasteiger charge is -2.26. The number of hydrogen-bond donors (Lipinski definition) is 2. The molecular weight excluding hydrogens is 438 g/mol. The normalized spacial score (nSPS) is 14.9. The number of phenols is 1. The van der Waals surface area contributed by atoms with Crippen LogP contribution < -0.4 is 4.74 Å². The molecule has 2 N–H and O–H groups in total. The number of nitrogens with one attached hydrogen (secondary N) is 1. The smallest absolute Gasteiger partial charge is 0.273 e. The first kappa shape index (κ1) is 22.7. The van der Waals surface area contributed by atoms with E-state index in [1.807, 2.05) is 85.5 Å². The average molecular weight is 468 g/mol. The summed E-state index contributed by atoms with van der Waals surface area (Å²) in [6, 6.07) is 21.5. The Morgan fingerprint density at radius 1 is 1.06 bits per heavy atom. The molecule has 0 aliphatic carbocycles. The lowest BCUT2D eigenvalue weighted by Crippen LogP contribution is -2.30. The average Bonchev–Trinajstić information content (AvgIpc) is 3.40. The number of carbonyl (C=O) groups excluding carboxylic acids is 1. The number of aromatic nitrogens is 2. The van der Waals surface area contributed by atoms with Crippen LogP contribution in [0.25, 0.3) is 11.3 Å². The summed E-state index contributed by atoms with van der Waals surface area (Å²) < 4.78 is 5.96. The van der Waals surface area contributed by atoms with Crippen molar-refractivity contribution in [3.05, 3.63) is 100 Å². The number of hydrogen-bond acceptors (Lipinski definition) is 4. The van der Waals surface area contributed by atoms with Crippen LogP contribution in [0.5, 0.6) is 11.5 Å². The maximum absolute atomic E-state index is 13.3. The molecule has 1 amide bonds. The summed E-state index contributed by atoms with van der Waals surface area (Å²) in [6.45, 7) is 7.04. The van der Waals surface area contributed by atoms with Crippen LogP contribution in [-0.2, 0) is 6.61 Å². The molecule has 0 saturated carbocycles. The second kappa shape index (κ2) is 9.29. The number of amides is 1. The fourth-order valence-corrected chi connectivity index (χ4v) is 4.85. The lowest BCUT2D eigenvalue weighted by atomic mass is 9.94. The molecule has 178 valence electrons. The molecule has 0 fully saturated rings. The van der Waals surface area contributed by atoms with Gasteiger partial charge in [-0.15, -0.1) is 0 Å². The quantitative estimate of drug-likeness (QED) is 0.353. The van der Waals surface area contributed by atoms with E-state index < -0.39 is 0 Å². The number of rotatable bonds is 7. The third-order valence-corrected chi connectivity index (χ3v) is 6.47. The molecule has 4 aromatic rings. The Morgan fingerprint density at radius 2 is 1.80 bits per heavy atom. The number of benzene rings is 3. The van der Waals surface area contributed by atoms with Gasteiger partial charge in [-0.2, -0.15) is 5.10 Å². The summed E-state index contributed by atoms with van der Waals surface area (Å²) in [5, 5.41) is 18.3. The van der Waals surface area contributed by atoms with Gasteiger partial charge in [-0.25, -0.2) is 0 Å². The standard InChI is InChI=1S/C29H29N3O3/c1-4-14-32-27(21-10-12-22(13-11-21)35-17-20-8-6-5-7-9-20)24-25(30-31-26(24)29(32)34)23-16-18(2)15-19(3)28(23)33/h5-13,15-16,27,33H,4,14,17H2,1-3H3,(H,30,31). The van der Waals surface area contributed by atoms with E-state index in [-0.39, 0.29) is 17.7 Å². The summed E-state index contributed by atoms with van der Waals surface area (Å²) in [5.41, 5.74) is 6.44. The van der Waals surface area contributed by atoms with Gasteiger partial charge in [0.25, 0.3) is 5.91 Å². The fourth-order valence-electron chi connectivity index (χ4n) is 4.85. The minimum absolute atomic E-state index is 0.0705. The minimum Gasteiger partial charge on any atom is -0.507 e. The summed E-state index contributed by atoms with van der Waals surface area (Å²) in [7, 11) is 0. The van der Waals surface area contributed by atoms with Crippen LogP contribution in [-0.4, -0.2) is 32.7 Å². The van der Waals surface area contributed by atoms with Gasteiger partial charge in [-0.05, 0) is 60.7 Å². The van der Waals surface area contributed by atoms with Crippen molar-refractivity contribution in [2.45, 2.75) is 39.8 Å². The maximum Gasteiger partial charge on any atom is 0.273 e.